The molecule has 0 aliphatic carbocycles. The number of carbonyl (C=O) groups is 1. The zero-order chi connectivity index (χ0) is 12.3. The number of amides is 1. The van der Waals surface area contributed by atoms with Crippen LogP contribution in [0, 0.1) is 6.92 Å². The SMILES string of the molecule is Cc1ccc(C(=O)NC(C)C(N)=S)cc1Cl. The zero-order valence-corrected chi connectivity index (χ0v) is 10.7. The van der Waals surface area contributed by atoms with Crippen molar-refractivity contribution < 1.29 is 4.79 Å². The average Bonchev–Trinajstić information content (AvgIpc) is 2.21. The van der Waals surface area contributed by atoms with Gasteiger partial charge in [0.2, 0.25) is 0 Å². The van der Waals surface area contributed by atoms with Gasteiger partial charge in [-0.05, 0) is 31.5 Å². The van der Waals surface area contributed by atoms with E-state index in [9.17, 15) is 4.79 Å². The van der Waals surface area contributed by atoms with Crippen molar-refractivity contribution in [2.24, 2.45) is 5.73 Å². The summed E-state index contributed by atoms with van der Waals surface area (Å²) in [6.45, 7) is 3.61. The fourth-order valence-corrected chi connectivity index (χ4v) is 1.32. The van der Waals surface area contributed by atoms with E-state index in [0.29, 0.717) is 10.6 Å². The number of benzene rings is 1. The highest BCUT2D eigenvalue weighted by atomic mass is 35.5. The van der Waals surface area contributed by atoms with Crippen molar-refractivity contribution in [1.82, 2.24) is 5.32 Å². The van der Waals surface area contributed by atoms with Crippen molar-refractivity contribution in [3.8, 4) is 0 Å². The van der Waals surface area contributed by atoms with Crippen LogP contribution in [0.1, 0.15) is 22.8 Å². The molecule has 0 saturated carbocycles. The molecule has 0 radical (unpaired) electrons. The molecule has 1 atom stereocenters. The molecular weight excluding hydrogens is 244 g/mol. The van der Waals surface area contributed by atoms with Crippen LogP contribution in [0.4, 0.5) is 0 Å². The van der Waals surface area contributed by atoms with Crippen LogP contribution < -0.4 is 11.1 Å². The van der Waals surface area contributed by atoms with Gasteiger partial charge in [0, 0.05) is 10.6 Å². The molecule has 0 bridgehead atoms. The molecule has 1 aromatic rings. The second-order valence-corrected chi connectivity index (χ2v) is 4.44. The maximum absolute atomic E-state index is 11.7. The van der Waals surface area contributed by atoms with Crippen molar-refractivity contribution in [3.05, 3.63) is 34.3 Å². The predicted molar refractivity (Wildman–Crippen MR) is 69.9 cm³/mol. The van der Waals surface area contributed by atoms with Gasteiger partial charge in [-0.25, -0.2) is 0 Å². The van der Waals surface area contributed by atoms with Crippen LogP contribution in [-0.4, -0.2) is 16.9 Å². The first-order chi connectivity index (χ1) is 7.41. The molecule has 1 aromatic carbocycles. The summed E-state index contributed by atoms with van der Waals surface area (Å²) in [6.07, 6.45) is 0. The van der Waals surface area contributed by atoms with Gasteiger partial charge in [0.05, 0.1) is 11.0 Å². The van der Waals surface area contributed by atoms with E-state index in [0.717, 1.165) is 5.56 Å². The third-order valence-electron chi connectivity index (χ3n) is 2.21. The molecule has 1 rings (SSSR count). The summed E-state index contributed by atoms with van der Waals surface area (Å²) in [5.41, 5.74) is 6.84. The third-order valence-corrected chi connectivity index (χ3v) is 2.97. The number of hydrogen-bond acceptors (Lipinski definition) is 2. The topological polar surface area (TPSA) is 55.1 Å². The molecule has 0 heterocycles. The predicted octanol–water partition coefficient (Wildman–Crippen LogP) is 2.05. The average molecular weight is 257 g/mol. The number of aryl methyl sites for hydroxylation is 1. The maximum Gasteiger partial charge on any atom is 0.251 e. The van der Waals surface area contributed by atoms with E-state index in [1.165, 1.54) is 0 Å². The fourth-order valence-electron chi connectivity index (χ4n) is 1.09. The first-order valence-corrected chi connectivity index (χ1v) is 5.56. The Hall–Kier alpha value is -1.13. The summed E-state index contributed by atoms with van der Waals surface area (Å²) in [5.74, 6) is -0.234. The first kappa shape index (κ1) is 12.9. The molecule has 5 heteroatoms. The highest BCUT2D eigenvalue weighted by Crippen LogP contribution is 2.16. The standard InChI is InChI=1S/C11H13ClN2OS/c1-6-3-4-8(5-9(6)12)11(15)14-7(2)10(13)16/h3-5,7H,1-2H3,(H2,13,16)(H,14,15). The molecule has 0 fully saturated rings. The van der Waals surface area contributed by atoms with Crippen LogP contribution in [0.3, 0.4) is 0 Å². The first-order valence-electron chi connectivity index (χ1n) is 4.78. The van der Waals surface area contributed by atoms with Gasteiger partial charge in [-0.1, -0.05) is 29.9 Å². The molecule has 86 valence electrons. The molecule has 0 aromatic heterocycles. The molecule has 0 saturated heterocycles. The number of rotatable bonds is 3. The van der Waals surface area contributed by atoms with Crippen LogP contribution >= 0.6 is 23.8 Å². The largest absolute Gasteiger partial charge is 0.392 e. The smallest absolute Gasteiger partial charge is 0.251 e. The Kier molecular flexibility index (Phi) is 4.26. The van der Waals surface area contributed by atoms with E-state index >= 15 is 0 Å². The van der Waals surface area contributed by atoms with E-state index in [1.54, 1.807) is 25.1 Å². The fraction of sp³-hybridized carbons (Fsp3) is 0.273. The summed E-state index contributed by atoms with van der Waals surface area (Å²) < 4.78 is 0. The van der Waals surface area contributed by atoms with Crippen molar-refractivity contribution in [2.45, 2.75) is 19.9 Å². The molecule has 1 amide bonds. The van der Waals surface area contributed by atoms with E-state index < -0.39 is 0 Å². The van der Waals surface area contributed by atoms with E-state index in [-0.39, 0.29) is 16.9 Å². The molecule has 0 aliphatic heterocycles. The Balaban J connectivity index is 2.81. The van der Waals surface area contributed by atoms with Gasteiger partial charge >= 0.3 is 0 Å². The summed E-state index contributed by atoms with van der Waals surface area (Å²) in [6, 6.07) is 4.80. The quantitative estimate of drug-likeness (QED) is 0.814. The number of halogens is 1. The minimum absolute atomic E-state index is 0.234. The van der Waals surface area contributed by atoms with Gasteiger partial charge < -0.3 is 11.1 Å². The Morgan fingerprint density at radius 2 is 2.19 bits per heavy atom. The number of thiocarbonyl (C=S) groups is 1. The Morgan fingerprint density at radius 3 is 2.69 bits per heavy atom. The molecule has 0 aliphatic rings. The summed E-state index contributed by atoms with van der Waals surface area (Å²) in [7, 11) is 0. The Bertz CT molecular complexity index is 434. The molecular formula is C11H13ClN2OS. The van der Waals surface area contributed by atoms with Crippen molar-refractivity contribution in [2.75, 3.05) is 0 Å². The van der Waals surface area contributed by atoms with Gasteiger partial charge in [0.15, 0.2) is 0 Å². The lowest BCUT2D eigenvalue weighted by Crippen LogP contribution is -2.41. The van der Waals surface area contributed by atoms with Gasteiger partial charge in [-0.3, -0.25) is 4.79 Å². The summed E-state index contributed by atoms with van der Waals surface area (Å²) >= 11 is 10.7. The van der Waals surface area contributed by atoms with Gasteiger partial charge in [-0.2, -0.15) is 0 Å². The van der Waals surface area contributed by atoms with Crippen LogP contribution in [0.5, 0.6) is 0 Å². The second-order valence-electron chi connectivity index (χ2n) is 3.56. The summed E-state index contributed by atoms with van der Waals surface area (Å²) in [4.78, 5) is 12.0. The highest BCUT2D eigenvalue weighted by Gasteiger charge is 2.12. The van der Waals surface area contributed by atoms with Crippen LogP contribution in [0.2, 0.25) is 5.02 Å². The molecule has 16 heavy (non-hydrogen) atoms. The Morgan fingerprint density at radius 1 is 1.56 bits per heavy atom. The van der Waals surface area contributed by atoms with Gasteiger partial charge in [0.25, 0.3) is 5.91 Å². The maximum atomic E-state index is 11.7. The number of nitrogens with one attached hydrogen (secondary N) is 1. The minimum atomic E-state index is -0.331. The lowest BCUT2D eigenvalue weighted by atomic mass is 10.1. The van der Waals surface area contributed by atoms with Crippen molar-refractivity contribution in [3.63, 3.8) is 0 Å². The number of hydrogen-bond donors (Lipinski definition) is 2. The summed E-state index contributed by atoms with van der Waals surface area (Å²) in [5, 5.41) is 3.24. The van der Waals surface area contributed by atoms with Gasteiger partial charge in [0.1, 0.15) is 0 Å². The normalized spacial score (nSPS) is 11.9. The molecule has 0 spiro atoms. The molecule has 3 N–H and O–H groups in total. The zero-order valence-electron chi connectivity index (χ0n) is 9.08. The van der Waals surface area contributed by atoms with E-state index in [4.69, 9.17) is 29.6 Å². The van der Waals surface area contributed by atoms with Crippen LogP contribution in [0.25, 0.3) is 0 Å². The van der Waals surface area contributed by atoms with Crippen molar-refractivity contribution >= 4 is 34.7 Å². The van der Waals surface area contributed by atoms with Crippen molar-refractivity contribution in [1.29, 1.82) is 0 Å². The van der Waals surface area contributed by atoms with E-state index in [2.05, 4.69) is 5.32 Å². The number of carbonyl (C=O) groups excluding carboxylic acids is 1. The monoisotopic (exact) mass is 256 g/mol. The molecule has 3 nitrogen and oxygen atoms in total. The third kappa shape index (κ3) is 3.18. The number of nitrogens with two attached hydrogens (primary N) is 1. The Labute approximate surface area is 105 Å². The lowest BCUT2D eigenvalue weighted by Gasteiger charge is -2.12. The minimum Gasteiger partial charge on any atom is -0.392 e. The van der Waals surface area contributed by atoms with E-state index in [1.807, 2.05) is 6.92 Å². The highest BCUT2D eigenvalue weighted by molar-refractivity contribution is 7.80. The lowest BCUT2D eigenvalue weighted by molar-refractivity contribution is 0.0949. The van der Waals surface area contributed by atoms with Crippen LogP contribution in [-0.2, 0) is 0 Å². The van der Waals surface area contributed by atoms with Gasteiger partial charge in [-0.15, -0.1) is 0 Å². The second kappa shape index (κ2) is 5.27. The van der Waals surface area contributed by atoms with Crippen LogP contribution in [0.15, 0.2) is 18.2 Å². The molecule has 1 unspecified atom stereocenters.